The molecule has 0 bridgehead atoms. The lowest BCUT2D eigenvalue weighted by Crippen LogP contribution is -2.15. The monoisotopic (exact) mass is 365 g/mol. The van der Waals surface area contributed by atoms with E-state index in [2.05, 4.69) is 25.9 Å². The van der Waals surface area contributed by atoms with Crippen molar-refractivity contribution in [2.24, 2.45) is 0 Å². The van der Waals surface area contributed by atoms with Gasteiger partial charge in [0.1, 0.15) is 23.7 Å². The summed E-state index contributed by atoms with van der Waals surface area (Å²) in [5, 5.41) is 8.14. The minimum absolute atomic E-state index is 0.105. The Kier molecular flexibility index (Phi) is 5.36. The molecule has 2 aromatic carbocycles. The van der Waals surface area contributed by atoms with Crippen LogP contribution in [0.4, 0.5) is 27.3 Å². The Morgan fingerprint density at radius 3 is 2.41 bits per heavy atom. The molecule has 2 amide bonds. The molecule has 0 aliphatic carbocycles. The summed E-state index contributed by atoms with van der Waals surface area (Å²) in [7, 11) is 0. The van der Waals surface area contributed by atoms with Crippen LogP contribution in [0.1, 0.15) is 17.4 Å². The van der Waals surface area contributed by atoms with Gasteiger partial charge in [0.15, 0.2) is 0 Å². The van der Waals surface area contributed by atoms with Gasteiger partial charge in [0.2, 0.25) is 5.91 Å². The second-order valence-electron chi connectivity index (χ2n) is 5.61. The van der Waals surface area contributed by atoms with Gasteiger partial charge in [-0.25, -0.2) is 14.4 Å². The lowest BCUT2D eigenvalue weighted by atomic mass is 10.2. The van der Waals surface area contributed by atoms with Crippen LogP contribution in [0.5, 0.6) is 0 Å². The van der Waals surface area contributed by atoms with E-state index in [1.54, 1.807) is 42.5 Å². The maximum atomic E-state index is 13.7. The molecule has 0 unspecified atom stereocenters. The Bertz CT molecular complexity index is 993. The van der Waals surface area contributed by atoms with Gasteiger partial charge < -0.3 is 16.0 Å². The highest BCUT2D eigenvalue weighted by atomic mass is 19.1. The van der Waals surface area contributed by atoms with Crippen molar-refractivity contribution < 1.29 is 14.0 Å². The molecule has 1 heterocycles. The predicted octanol–water partition coefficient (Wildman–Crippen LogP) is 3.57. The molecule has 7 nitrogen and oxygen atoms in total. The van der Waals surface area contributed by atoms with Crippen LogP contribution in [0.25, 0.3) is 0 Å². The van der Waals surface area contributed by atoms with Gasteiger partial charge in [0, 0.05) is 24.4 Å². The molecule has 0 saturated carbocycles. The molecule has 3 rings (SSSR count). The number of carbonyl (C=O) groups excluding carboxylic acids is 2. The first-order chi connectivity index (χ1) is 13.0. The number of rotatable bonds is 5. The Hall–Kier alpha value is -3.81. The SMILES string of the molecule is CC(=O)Nc1cccc(NC(=O)c2cc(Nc3ccccc3F)ncn2)c1. The lowest BCUT2D eigenvalue weighted by Gasteiger charge is -2.09. The molecule has 0 aliphatic heterocycles. The van der Waals surface area contributed by atoms with Gasteiger partial charge in [0.05, 0.1) is 5.69 Å². The molecule has 3 aromatic rings. The molecule has 0 radical (unpaired) electrons. The molecular formula is C19H16FN5O2. The average Bonchev–Trinajstić information content (AvgIpc) is 2.64. The van der Waals surface area contributed by atoms with E-state index in [1.807, 2.05) is 0 Å². The number of anilines is 4. The summed E-state index contributed by atoms with van der Waals surface area (Å²) in [6.45, 7) is 1.40. The number of benzene rings is 2. The first-order valence-electron chi connectivity index (χ1n) is 8.04. The molecule has 0 atom stereocenters. The molecule has 0 fully saturated rings. The second-order valence-corrected chi connectivity index (χ2v) is 5.61. The summed E-state index contributed by atoms with van der Waals surface area (Å²) >= 11 is 0. The normalized spacial score (nSPS) is 10.1. The Labute approximate surface area is 154 Å². The first-order valence-corrected chi connectivity index (χ1v) is 8.04. The highest BCUT2D eigenvalue weighted by Crippen LogP contribution is 2.19. The fourth-order valence-corrected chi connectivity index (χ4v) is 2.32. The van der Waals surface area contributed by atoms with Crippen LogP contribution in [0.15, 0.2) is 60.9 Å². The topological polar surface area (TPSA) is 96.0 Å². The van der Waals surface area contributed by atoms with Crippen molar-refractivity contribution in [3.05, 3.63) is 72.4 Å². The fraction of sp³-hybridized carbons (Fsp3) is 0.0526. The number of nitrogens with zero attached hydrogens (tertiary/aromatic N) is 2. The maximum Gasteiger partial charge on any atom is 0.274 e. The van der Waals surface area contributed by atoms with E-state index in [9.17, 15) is 14.0 Å². The largest absolute Gasteiger partial charge is 0.338 e. The summed E-state index contributed by atoms with van der Waals surface area (Å²) in [6, 6.07) is 14.3. The van der Waals surface area contributed by atoms with Gasteiger partial charge in [-0.1, -0.05) is 18.2 Å². The number of halogens is 1. The van der Waals surface area contributed by atoms with Crippen molar-refractivity contribution >= 4 is 34.7 Å². The van der Waals surface area contributed by atoms with Crippen LogP contribution >= 0.6 is 0 Å². The zero-order valence-electron chi connectivity index (χ0n) is 14.4. The quantitative estimate of drug-likeness (QED) is 0.642. The van der Waals surface area contributed by atoms with Crippen LogP contribution in [0.2, 0.25) is 0 Å². The molecule has 136 valence electrons. The molecule has 0 saturated heterocycles. The Morgan fingerprint density at radius 2 is 1.67 bits per heavy atom. The van der Waals surface area contributed by atoms with E-state index in [0.29, 0.717) is 11.4 Å². The molecule has 27 heavy (non-hydrogen) atoms. The zero-order valence-corrected chi connectivity index (χ0v) is 14.4. The summed E-state index contributed by atoms with van der Waals surface area (Å²) in [4.78, 5) is 31.5. The third-order valence-corrected chi connectivity index (χ3v) is 3.48. The average molecular weight is 365 g/mol. The van der Waals surface area contributed by atoms with Gasteiger partial charge in [-0.3, -0.25) is 9.59 Å². The minimum Gasteiger partial charge on any atom is -0.338 e. The number of nitrogens with one attached hydrogen (secondary N) is 3. The highest BCUT2D eigenvalue weighted by molar-refractivity contribution is 6.03. The standard InChI is InChI=1S/C19H16FN5O2/c1-12(26)23-13-5-4-6-14(9-13)24-19(27)17-10-18(22-11-21-17)25-16-8-3-2-7-15(16)20/h2-11H,1H3,(H,23,26)(H,24,27)(H,21,22,25). The number of hydrogen-bond acceptors (Lipinski definition) is 5. The van der Waals surface area contributed by atoms with Gasteiger partial charge in [-0.15, -0.1) is 0 Å². The number of aromatic nitrogens is 2. The van der Waals surface area contributed by atoms with Crippen LogP contribution < -0.4 is 16.0 Å². The van der Waals surface area contributed by atoms with E-state index in [4.69, 9.17) is 0 Å². The van der Waals surface area contributed by atoms with E-state index < -0.39 is 11.7 Å². The van der Waals surface area contributed by atoms with E-state index in [0.717, 1.165) is 0 Å². The molecule has 0 aliphatic rings. The molecule has 3 N–H and O–H groups in total. The predicted molar refractivity (Wildman–Crippen MR) is 100 cm³/mol. The Balaban J connectivity index is 1.74. The summed E-state index contributed by atoms with van der Waals surface area (Å²) in [6.07, 6.45) is 1.21. The van der Waals surface area contributed by atoms with Crippen molar-refractivity contribution in [2.75, 3.05) is 16.0 Å². The van der Waals surface area contributed by atoms with Gasteiger partial charge in [-0.2, -0.15) is 0 Å². The van der Waals surface area contributed by atoms with Crippen molar-refractivity contribution in [1.29, 1.82) is 0 Å². The number of hydrogen-bond donors (Lipinski definition) is 3. The van der Waals surface area contributed by atoms with Crippen LogP contribution in [-0.2, 0) is 4.79 Å². The number of carbonyl (C=O) groups is 2. The van der Waals surface area contributed by atoms with E-state index in [-0.39, 0.29) is 23.1 Å². The summed E-state index contributed by atoms with van der Waals surface area (Å²) in [5.74, 6) is -0.823. The van der Waals surface area contributed by atoms with Crippen molar-refractivity contribution in [3.63, 3.8) is 0 Å². The molecule has 1 aromatic heterocycles. The lowest BCUT2D eigenvalue weighted by molar-refractivity contribution is -0.114. The Morgan fingerprint density at radius 1 is 0.926 bits per heavy atom. The van der Waals surface area contributed by atoms with Crippen LogP contribution in [0, 0.1) is 5.82 Å². The van der Waals surface area contributed by atoms with Gasteiger partial charge in [0.25, 0.3) is 5.91 Å². The van der Waals surface area contributed by atoms with Crippen molar-refractivity contribution in [1.82, 2.24) is 9.97 Å². The number of para-hydroxylation sites is 1. The highest BCUT2D eigenvalue weighted by Gasteiger charge is 2.11. The first kappa shape index (κ1) is 18.0. The van der Waals surface area contributed by atoms with E-state index >= 15 is 0 Å². The van der Waals surface area contributed by atoms with E-state index in [1.165, 1.54) is 25.4 Å². The van der Waals surface area contributed by atoms with Crippen LogP contribution in [-0.4, -0.2) is 21.8 Å². The van der Waals surface area contributed by atoms with Crippen molar-refractivity contribution in [2.45, 2.75) is 6.92 Å². The van der Waals surface area contributed by atoms with Gasteiger partial charge in [-0.05, 0) is 30.3 Å². The smallest absolute Gasteiger partial charge is 0.274 e. The molecule has 8 heteroatoms. The molecule has 0 spiro atoms. The number of amides is 2. The maximum absolute atomic E-state index is 13.7. The second kappa shape index (κ2) is 8.05. The summed E-state index contributed by atoms with van der Waals surface area (Å²) < 4.78 is 13.7. The molecular weight excluding hydrogens is 349 g/mol. The van der Waals surface area contributed by atoms with Gasteiger partial charge >= 0.3 is 0 Å². The van der Waals surface area contributed by atoms with Crippen molar-refractivity contribution in [3.8, 4) is 0 Å². The summed E-state index contributed by atoms with van der Waals surface area (Å²) in [5.41, 5.74) is 1.40. The third kappa shape index (κ3) is 4.85. The third-order valence-electron chi connectivity index (χ3n) is 3.48. The minimum atomic E-state index is -0.464. The zero-order chi connectivity index (χ0) is 19.2. The van der Waals surface area contributed by atoms with Crippen LogP contribution in [0.3, 0.4) is 0 Å². The fourth-order valence-electron chi connectivity index (χ4n) is 2.32.